The van der Waals surface area contributed by atoms with Crippen molar-refractivity contribution in [2.45, 2.75) is 32.5 Å². The summed E-state index contributed by atoms with van der Waals surface area (Å²) in [4.78, 5) is 14.3. The lowest BCUT2D eigenvalue weighted by Crippen LogP contribution is -2.32. The van der Waals surface area contributed by atoms with Crippen molar-refractivity contribution < 1.29 is 14.6 Å². The lowest BCUT2D eigenvalue weighted by atomic mass is 10.1. The average molecular weight is 315 g/mol. The van der Waals surface area contributed by atoms with Crippen LogP contribution in [0.25, 0.3) is 0 Å². The van der Waals surface area contributed by atoms with Crippen molar-refractivity contribution in [3.8, 4) is 5.75 Å². The number of ether oxygens (including phenoxy) is 1. The highest BCUT2D eigenvalue weighted by molar-refractivity contribution is 5.76. The number of amides is 1. The summed E-state index contributed by atoms with van der Waals surface area (Å²) < 4.78 is 7.54. The van der Waals surface area contributed by atoms with E-state index < -0.39 is 0 Å². The summed E-state index contributed by atoms with van der Waals surface area (Å²) in [5, 5.41) is 13.4. The monoisotopic (exact) mass is 315 g/mol. The molecule has 3 rings (SSSR count). The fraction of sp³-hybridized carbons (Fsp3) is 0.412. The topological polar surface area (TPSA) is 67.6 Å². The van der Waals surface area contributed by atoms with Crippen LogP contribution in [0, 0.1) is 0 Å². The maximum absolute atomic E-state index is 12.4. The van der Waals surface area contributed by atoms with Crippen LogP contribution in [0.5, 0.6) is 5.75 Å². The molecule has 122 valence electrons. The molecule has 1 N–H and O–H groups in total. The maximum atomic E-state index is 12.4. The molecule has 0 saturated heterocycles. The number of hydrogen-bond donors (Lipinski definition) is 1. The third-order valence-corrected chi connectivity index (χ3v) is 3.98. The van der Waals surface area contributed by atoms with Gasteiger partial charge in [-0.25, -0.2) is 0 Å². The van der Waals surface area contributed by atoms with Crippen LogP contribution < -0.4 is 4.74 Å². The highest BCUT2D eigenvalue weighted by Gasteiger charge is 2.19. The Bertz CT molecular complexity index is 655. The number of rotatable bonds is 5. The SMILES string of the molecule is O=C(CCCn1cccn1)N1CCOc2ccc(CO)cc2C1. The van der Waals surface area contributed by atoms with Gasteiger partial charge >= 0.3 is 0 Å². The van der Waals surface area contributed by atoms with Crippen molar-refractivity contribution in [3.63, 3.8) is 0 Å². The molecule has 2 heterocycles. The molecule has 0 atom stereocenters. The van der Waals surface area contributed by atoms with Crippen LogP contribution in [0.4, 0.5) is 0 Å². The summed E-state index contributed by atoms with van der Waals surface area (Å²) in [6.45, 7) is 2.35. The van der Waals surface area contributed by atoms with Gasteiger partial charge in [0, 0.05) is 37.5 Å². The van der Waals surface area contributed by atoms with Crippen LogP contribution in [-0.4, -0.2) is 38.8 Å². The van der Waals surface area contributed by atoms with E-state index in [0.717, 1.165) is 29.8 Å². The fourth-order valence-corrected chi connectivity index (χ4v) is 2.74. The van der Waals surface area contributed by atoms with Crippen molar-refractivity contribution in [2.75, 3.05) is 13.2 Å². The first-order valence-electron chi connectivity index (χ1n) is 7.87. The van der Waals surface area contributed by atoms with E-state index in [1.807, 2.05) is 40.0 Å². The van der Waals surface area contributed by atoms with E-state index in [1.54, 1.807) is 6.20 Å². The standard InChI is InChI=1S/C17H21N3O3/c21-13-14-4-5-16-15(11-14)12-19(9-10-23-16)17(22)3-1-7-20-8-2-6-18-20/h2,4-6,8,11,21H,1,3,7,9-10,12-13H2. The lowest BCUT2D eigenvalue weighted by molar-refractivity contribution is -0.132. The maximum Gasteiger partial charge on any atom is 0.223 e. The molecule has 6 heteroatoms. The zero-order valence-electron chi connectivity index (χ0n) is 13.0. The Kier molecular flexibility index (Phi) is 4.92. The van der Waals surface area contributed by atoms with Crippen LogP contribution >= 0.6 is 0 Å². The van der Waals surface area contributed by atoms with Gasteiger partial charge in [-0.15, -0.1) is 0 Å². The highest BCUT2D eigenvalue weighted by Crippen LogP contribution is 2.24. The second-order valence-electron chi connectivity index (χ2n) is 5.64. The number of nitrogens with zero attached hydrogens (tertiary/aromatic N) is 3. The Morgan fingerprint density at radius 2 is 2.30 bits per heavy atom. The van der Waals surface area contributed by atoms with E-state index in [-0.39, 0.29) is 12.5 Å². The van der Waals surface area contributed by atoms with Gasteiger partial charge in [-0.05, 0) is 30.2 Å². The molecule has 0 bridgehead atoms. The zero-order chi connectivity index (χ0) is 16.1. The van der Waals surface area contributed by atoms with E-state index in [9.17, 15) is 9.90 Å². The molecule has 0 radical (unpaired) electrons. The number of carbonyl (C=O) groups is 1. The van der Waals surface area contributed by atoms with Gasteiger partial charge in [-0.3, -0.25) is 9.48 Å². The van der Waals surface area contributed by atoms with Crippen LogP contribution in [0.1, 0.15) is 24.0 Å². The van der Waals surface area contributed by atoms with Gasteiger partial charge < -0.3 is 14.7 Å². The van der Waals surface area contributed by atoms with Crippen molar-refractivity contribution in [3.05, 3.63) is 47.8 Å². The first-order valence-corrected chi connectivity index (χ1v) is 7.87. The Labute approximate surface area is 135 Å². The molecule has 1 aromatic carbocycles. The number of aromatic nitrogens is 2. The third-order valence-electron chi connectivity index (χ3n) is 3.98. The van der Waals surface area contributed by atoms with Crippen molar-refractivity contribution in [1.29, 1.82) is 0 Å². The first-order chi connectivity index (χ1) is 11.3. The number of aliphatic hydroxyl groups excluding tert-OH is 1. The minimum atomic E-state index is -0.00883. The number of carbonyl (C=O) groups excluding carboxylic acids is 1. The summed E-state index contributed by atoms with van der Waals surface area (Å²) in [5.41, 5.74) is 1.79. The Morgan fingerprint density at radius 1 is 1.39 bits per heavy atom. The molecule has 0 aliphatic carbocycles. The largest absolute Gasteiger partial charge is 0.491 e. The predicted molar refractivity (Wildman–Crippen MR) is 84.7 cm³/mol. The van der Waals surface area contributed by atoms with Gasteiger partial charge in [-0.1, -0.05) is 6.07 Å². The number of aliphatic hydroxyl groups is 1. The second-order valence-corrected chi connectivity index (χ2v) is 5.64. The molecule has 6 nitrogen and oxygen atoms in total. The van der Waals surface area contributed by atoms with Gasteiger partial charge in [0.15, 0.2) is 0 Å². The van der Waals surface area contributed by atoms with Crippen molar-refractivity contribution >= 4 is 5.91 Å². The second kappa shape index (κ2) is 7.28. The van der Waals surface area contributed by atoms with E-state index >= 15 is 0 Å². The van der Waals surface area contributed by atoms with Gasteiger partial charge in [0.1, 0.15) is 12.4 Å². The number of aryl methyl sites for hydroxylation is 1. The summed E-state index contributed by atoms with van der Waals surface area (Å²) in [5.74, 6) is 0.928. The Hall–Kier alpha value is -2.34. The quantitative estimate of drug-likeness (QED) is 0.909. The predicted octanol–water partition coefficient (Wildman–Crippen LogP) is 1.58. The van der Waals surface area contributed by atoms with Crippen LogP contribution in [0.15, 0.2) is 36.7 Å². The molecule has 1 aliphatic rings. The van der Waals surface area contributed by atoms with Gasteiger partial charge in [0.05, 0.1) is 13.2 Å². The molecular formula is C17H21N3O3. The normalized spacial score (nSPS) is 14.0. The van der Waals surface area contributed by atoms with Crippen LogP contribution in [0.2, 0.25) is 0 Å². The number of hydrogen-bond acceptors (Lipinski definition) is 4. The molecule has 2 aromatic rings. The van der Waals surface area contributed by atoms with Crippen LogP contribution in [-0.2, 0) is 24.5 Å². The Morgan fingerprint density at radius 3 is 3.09 bits per heavy atom. The molecule has 1 amide bonds. The molecule has 23 heavy (non-hydrogen) atoms. The van der Waals surface area contributed by atoms with Gasteiger partial charge in [0.25, 0.3) is 0 Å². The molecule has 0 saturated carbocycles. The summed E-state index contributed by atoms with van der Waals surface area (Å²) in [6, 6.07) is 7.50. The summed E-state index contributed by atoms with van der Waals surface area (Å²) in [7, 11) is 0. The molecule has 1 aromatic heterocycles. The first kappa shape index (κ1) is 15.6. The molecule has 0 fully saturated rings. The van der Waals surface area contributed by atoms with E-state index in [2.05, 4.69) is 5.10 Å². The van der Waals surface area contributed by atoms with E-state index in [4.69, 9.17) is 4.74 Å². The van der Waals surface area contributed by atoms with Gasteiger partial charge in [0.2, 0.25) is 5.91 Å². The number of benzene rings is 1. The number of fused-ring (bicyclic) bond motifs is 1. The molecule has 0 spiro atoms. The van der Waals surface area contributed by atoms with E-state index in [0.29, 0.717) is 26.1 Å². The minimum Gasteiger partial charge on any atom is -0.491 e. The highest BCUT2D eigenvalue weighted by atomic mass is 16.5. The third kappa shape index (κ3) is 3.90. The lowest BCUT2D eigenvalue weighted by Gasteiger charge is -2.20. The smallest absolute Gasteiger partial charge is 0.223 e. The van der Waals surface area contributed by atoms with Gasteiger partial charge in [-0.2, -0.15) is 5.10 Å². The van der Waals surface area contributed by atoms with Crippen LogP contribution in [0.3, 0.4) is 0 Å². The molecular weight excluding hydrogens is 294 g/mol. The average Bonchev–Trinajstić information content (AvgIpc) is 2.99. The van der Waals surface area contributed by atoms with Crippen molar-refractivity contribution in [1.82, 2.24) is 14.7 Å². The Balaban J connectivity index is 1.59. The summed E-state index contributed by atoms with van der Waals surface area (Å²) in [6.07, 6.45) is 4.90. The molecule has 1 aliphatic heterocycles. The molecule has 0 unspecified atom stereocenters. The van der Waals surface area contributed by atoms with Crippen molar-refractivity contribution in [2.24, 2.45) is 0 Å². The summed E-state index contributed by atoms with van der Waals surface area (Å²) >= 11 is 0. The minimum absolute atomic E-state index is 0.00883. The zero-order valence-corrected chi connectivity index (χ0v) is 13.0. The van der Waals surface area contributed by atoms with E-state index in [1.165, 1.54) is 0 Å². The fourth-order valence-electron chi connectivity index (χ4n) is 2.74.